The average Bonchev–Trinajstić information content (AvgIpc) is 2.68. The maximum Gasteiger partial charge on any atom is 0.344 e. The Hall–Kier alpha value is -3.09. The monoisotopic (exact) mass is 414 g/mol. The molecule has 2 aromatic carbocycles. The molecule has 0 atom stereocenters. The molecular formula is C20H8Cl2O6. The highest BCUT2D eigenvalue weighted by molar-refractivity contribution is 6.31. The van der Waals surface area contributed by atoms with Crippen LogP contribution in [0, 0.1) is 0 Å². The first-order valence-electron chi connectivity index (χ1n) is 8.13. The van der Waals surface area contributed by atoms with E-state index in [9.17, 15) is 14.4 Å². The van der Waals surface area contributed by atoms with Gasteiger partial charge in [0, 0.05) is 10.0 Å². The Kier molecular flexibility index (Phi) is 3.62. The van der Waals surface area contributed by atoms with Crippen LogP contribution in [0.4, 0.5) is 0 Å². The standard InChI is InChI=1S/C20H8Cl2O6/c21-8-1-3-13-10(5-8)17-15(19(24)26-13)12(7-23)16-18(28-17)11-6-9(22)2-4-14(11)27-20(16)25/h1-7,12H. The zero-order valence-corrected chi connectivity index (χ0v) is 15.3. The van der Waals surface area contributed by atoms with Crippen LogP contribution in [-0.4, -0.2) is 6.29 Å². The summed E-state index contributed by atoms with van der Waals surface area (Å²) in [4.78, 5) is 37.1. The normalized spacial score (nSPS) is 13.2. The van der Waals surface area contributed by atoms with Crippen molar-refractivity contribution in [1.29, 1.82) is 0 Å². The zero-order valence-electron chi connectivity index (χ0n) is 13.8. The molecule has 2 aromatic heterocycles. The number of aldehydes is 1. The molecule has 3 heterocycles. The fourth-order valence-electron chi connectivity index (χ4n) is 3.46. The molecule has 0 radical (unpaired) electrons. The molecular weight excluding hydrogens is 407 g/mol. The Labute approximate surface area is 165 Å². The van der Waals surface area contributed by atoms with Crippen LogP contribution in [0.1, 0.15) is 17.0 Å². The van der Waals surface area contributed by atoms with Gasteiger partial charge in [-0.2, -0.15) is 0 Å². The molecule has 0 bridgehead atoms. The summed E-state index contributed by atoms with van der Waals surface area (Å²) in [5, 5.41) is 1.59. The molecule has 1 aliphatic heterocycles. The van der Waals surface area contributed by atoms with Gasteiger partial charge in [-0.15, -0.1) is 0 Å². The molecule has 4 aromatic rings. The number of carbonyl (C=O) groups is 1. The molecule has 0 aliphatic carbocycles. The molecule has 0 saturated carbocycles. The van der Waals surface area contributed by atoms with Crippen LogP contribution in [0.2, 0.25) is 10.0 Å². The largest absolute Gasteiger partial charge is 0.455 e. The Balaban J connectivity index is 1.95. The summed E-state index contributed by atoms with van der Waals surface area (Å²) in [6, 6.07) is 9.32. The highest BCUT2D eigenvalue weighted by atomic mass is 35.5. The number of halogens is 2. The smallest absolute Gasteiger partial charge is 0.344 e. The van der Waals surface area contributed by atoms with E-state index in [2.05, 4.69) is 0 Å². The number of rotatable bonds is 1. The average molecular weight is 415 g/mol. The van der Waals surface area contributed by atoms with E-state index in [1.54, 1.807) is 24.3 Å². The first-order chi connectivity index (χ1) is 13.5. The lowest BCUT2D eigenvalue weighted by atomic mass is 9.89. The number of hydrogen-bond acceptors (Lipinski definition) is 6. The second-order valence-corrected chi connectivity index (χ2v) is 7.13. The number of ether oxygens (including phenoxy) is 1. The lowest BCUT2D eigenvalue weighted by Gasteiger charge is -2.24. The molecule has 0 spiro atoms. The van der Waals surface area contributed by atoms with Crippen molar-refractivity contribution >= 4 is 51.4 Å². The van der Waals surface area contributed by atoms with Crippen molar-refractivity contribution in [1.82, 2.24) is 0 Å². The highest BCUT2D eigenvalue weighted by Gasteiger charge is 2.37. The second-order valence-electron chi connectivity index (χ2n) is 6.26. The van der Waals surface area contributed by atoms with E-state index >= 15 is 0 Å². The maximum atomic E-state index is 12.6. The molecule has 0 saturated heterocycles. The number of fused-ring (bicyclic) bond motifs is 6. The van der Waals surface area contributed by atoms with Crippen molar-refractivity contribution in [2.75, 3.05) is 0 Å². The van der Waals surface area contributed by atoms with Gasteiger partial charge >= 0.3 is 11.3 Å². The van der Waals surface area contributed by atoms with E-state index in [-0.39, 0.29) is 33.8 Å². The minimum atomic E-state index is -1.21. The lowest BCUT2D eigenvalue weighted by Crippen LogP contribution is -2.26. The van der Waals surface area contributed by atoms with Crippen molar-refractivity contribution in [2.24, 2.45) is 0 Å². The molecule has 0 N–H and O–H groups in total. The quantitative estimate of drug-likeness (QED) is 0.333. The summed E-state index contributed by atoms with van der Waals surface area (Å²) in [5.41, 5.74) is -1.23. The van der Waals surface area contributed by atoms with Crippen molar-refractivity contribution < 1.29 is 18.4 Å². The second kappa shape index (κ2) is 5.95. The van der Waals surface area contributed by atoms with Gasteiger partial charge in [0.2, 0.25) is 0 Å². The predicted molar refractivity (Wildman–Crippen MR) is 103 cm³/mol. The van der Waals surface area contributed by atoms with Gasteiger partial charge in [-0.25, -0.2) is 9.59 Å². The fraction of sp³-hybridized carbons (Fsp3) is 0.0500. The number of benzene rings is 2. The molecule has 0 fully saturated rings. The first-order valence-corrected chi connectivity index (χ1v) is 8.89. The van der Waals surface area contributed by atoms with E-state index < -0.39 is 17.2 Å². The minimum absolute atomic E-state index is 0.0778. The predicted octanol–water partition coefficient (Wildman–Crippen LogP) is 4.64. The first kappa shape index (κ1) is 17.0. The van der Waals surface area contributed by atoms with Crippen molar-refractivity contribution in [3.63, 3.8) is 0 Å². The Morgan fingerprint density at radius 1 is 0.786 bits per heavy atom. The molecule has 5 rings (SSSR count). The maximum absolute atomic E-state index is 12.6. The van der Waals surface area contributed by atoms with E-state index in [0.717, 1.165) is 0 Å². The minimum Gasteiger partial charge on any atom is -0.455 e. The van der Waals surface area contributed by atoms with Crippen molar-refractivity contribution in [3.8, 4) is 11.5 Å². The Morgan fingerprint density at radius 2 is 1.25 bits per heavy atom. The van der Waals surface area contributed by atoms with Gasteiger partial charge in [-0.05, 0) is 36.4 Å². The third-order valence-corrected chi connectivity index (χ3v) is 5.14. The van der Waals surface area contributed by atoms with Crippen LogP contribution >= 0.6 is 23.2 Å². The Morgan fingerprint density at radius 3 is 1.68 bits per heavy atom. The zero-order chi connectivity index (χ0) is 19.6. The van der Waals surface area contributed by atoms with Crippen molar-refractivity contribution in [2.45, 2.75) is 5.92 Å². The Bertz CT molecular complexity index is 1330. The molecule has 28 heavy (non-hydrogen) atoms. The molecule has 1 aliphatic rings. The van der Waals surface area contributed by atoms with Gasteiger partial charge < -0.3 is 18.4 Å². The van der Waals surface area contributed by atoms with Gasteiger partial charge in [0.15, 0.2) is 0 Å². The van der Waals surface area contributed by atoms with Gasteiger partial charge in [0.25, 0.3) is 0 Å². The third kappa shape index (κ3) is 2.32. The summed E-state index contributed by atoms with van der Waals surface area (Å²) in [6.45, 7) is 0. The van der Waals surface area contributed by atoms with Gasteiger partial charge in [-0.3, -0.25) is 0 Å². The van der Waals surface area contributed by atoms with Crippen LogP contribution in [0.25, 0.3) is 21.9 Å². The third-order valence-electron chi connectivity index (χ3n) is 4.67. The van der Waals surface area contributed by atoms with Gasteiger partial charge in [0.1, 0.15) is 29.0 Å². The molecule has 6 nitrogen and oxygen atoms in total. The number of hydrogen-bond donors (Lipinski definition) is 0. The summed E-state index contributed by atoms with van der Waals surface area (Å²) in [7, 11) is 0. The van der Waals surface area contributed by atoms with E-state index in [1.807, 2.05) is 0 Å². The lowest BCUT2D eigenvalue weighted by molar-refractivity contribution is -0.108. The van der Waals surface area contributed by atoms with Crippen LogP contribution in [0.5, 0.6) is 11.5 Å². The van der Waals surface area contributed by atoms with E-state index in [1.165, 1.54) is 12.1 Å². The SMILES string of the molecule is O=CC1c2c(c3cc(Cl)ccc3oc2=O)Oc2c1c(=O)oc1ccc(Cl)cc21. The highest BCUT2D eigenvalue weighted by Crippen LogP contribution is 2.47. The van der Waals surface area contributed by atoms with Gasteiger partial charge in [0.05, 0.1) is 27.8 Å². The summed E-state index contributed by atoms with van der Waals surface area (Å²) < 4.78 is 16.6. The molecule has 138 valence electrons. The van der Waals surface area contributed by atoms with Crippen molar-refractivity contribution in [3.05, 3.63) is 78.4 Å². The number of carbonyl (C=O) groups excluding carboxylic acids is 1. The van der Waals surface area contributed by atoms with Gasteiger partial charge in [-0.1, -0.05) is 23.2 Å². The van der Waals surface area contributed by atoms with Crippen LogP contribution in [0.15, 0.2) is 54.8 Å². The van der Waals surface area contributed by atoms with E-state index in [4.69, 9.17) is 36.8 Å². The van der Waals surface area contributed by atoms with Crippen LogP contribution in [-0.2, 0) is 4.79 Å². The summed E-state index contributed by atoms with van der Waals surface area (Å²) in [6.07, 6.45) is 0.487. The molecule has 0 unspecified atom stereocenters. The summed E-state index contributed by atoms with van der Waals surface area (Å²) in [5.74, 6) is -0.978. The molecule has 8 heteroatoms. The molecule has 0 amide bonds. The van der Waals surface area contributed by atoms with E-state index in [0.29, 0.717) is 27.1 Å². The topological polar surface area (TPSA) is 86.7 Å². The summed E-state index contributed by atoms with van der Waals surface area (Å²) >= 11 is 12.2. The fourth-order valence-corrected chi connectivity index (χ4v) is 3.81. The van der Waals surface area contributed by atoms with Crippen LogP contribution < -0.4 is 16.0 Å². The van der Waals surface area contributed by atoms with Crippen LogP contribution in [0.3, 0.4) is 0 Å².